The summed E-state index contributed by atoms with van der Waals surface area (Å²) in [5, 5.41) is 9.05. The maximum atomic E-state index is 11.0. The van der Waals surface area contributed by atoms with Gasteiger partial charge in [0.2, 0.25) is 0 Å². The Labute approximate surface area is 109 Å². The molecule has 0 saturated heterocycles. The van der Waals surface area contributed by atoms with E-state index in [4.69, 9.17) is 9.52 Å². The van der Waals surface area contributed by atoms with Gasteiger partial charge in [-0.05, 0) is 32.0 Å². The lowest BCUT2D eigenvalue weighted by Crippen LogP contribution is -2.26. The van der Waals surface area contributed by atoms with E-state index in [1.165, 1.54) is 11.8 Å². The lowest BCUT2D eigenvalue weighted by molar-refractivity contribution is -0.145. The minimum atomic E-state index is -0.786. The molecule has 96 valence electrons. The van der Waals surface area contributed by atoms with Gasteiger partial charge in [0.05, 0.1) is 5.41 Å². The van der Waals surface area contributed by atoms with Crippen molar-refractivity contribution < 1.29 is 14.3 Å². The van der Waals surface area contributed by atoms with Gasteiger partial charge in [-0.15, -0.1) is 11.8 Å². The number of aryl methyl sites for hydroxylation is 1. The van der Waals surface area contributed by atoms with Gasteiger partial charge in [0.1, 0.15) is 5.52 Å². The number of benzene rings is 1. The van der Waals surface area contributed by atoms with Gasteiger partial charge >= 0.3 is 5.97 Å². The predicted octanol–water partition coefficient (Wildman–Crippen LogP) is 3.34. The molecule has 0 radical (unpaired) electrons. The third kappa shape index (κ3) is 2.67. The van der Waals surface area contributed by atoms with Crippen molar-refractivity contribution in [1.29, 1.82) is 0 Å². The number of rotatable bonds is 4. The van der Waals surface area contributed by atoms with E-state index in [0.717, 1.165) is 16.0 Å². The van der Waals surface area contributed by atoms with Crippen LogP contribution in [0.5, 0.6) is 0 Å². The van der Waals surface area contributed by atoms with Crippen molar-refractivity contribution in [1.82, 2.24) is 4.98 Å². The van der Waals surface area contributed by atoms with Gasteiger partial charge in [0.25, 0.3) is 0 Å². The van der Waals surface area contributed by atoms with Crippen molar-refractivity contribution in [3.05, 3.63) is 24.1 Å². The molecule has 0 fully saturated rings. The Bertz CT molecular complexity index is 589. The van der Waals surface area contributed by atoms with Gasteiger partial charge in [-0.2, -0.15) is 0 Å². The van der Waals surface area contributed by atoms with E-state index in [2.05, 4.69) is 4.98 Å². The van der Waals surface area contributed by atoms with Gasteiger partial charge in [-0.3, -0.25) is 4.79 Å². The molecule has 1 heterocycles. The number of aromatic nitrogens is 1. The minimum absolute atomic E-state index is 0.515. The number of carboxylic acids is 1. The maximum Gasteiger partial charge on any atom is 0.309 e. The quantitative estimate of drug-likeness (QED) is 0.859. The number of carbonyl (C=O) groups is 1. The minimum Gasteiger partial charge on any atom is -0.481 e. The smallest absolute Gasteiger partial charge is 0.309 e. The normalized spacial score (nSPS) is 11.9. The van der Waals surface area contributed by atoms with Crippen LogP contribution in [0.25, 0.3) is 11.1 Å². The Morgan fingerprint density at radius 1 is 1.50 bits per heavy atom. The molecule has 4 nitrogen and oxygen atoms in total. The lowest BCUT2D eigenvalue weighted by Gasteiger charge is -2.17. The molecule has 2 aromatic rings. The molecule has 0 unspecified atom stereocenters. The van der Waals surface area contributed by atoms with Crippen LogP contribution in [0.3, 0.4) is 0 Å². The van der Waals surface area contributed by atoms with Crippen LogP contribution < -0.4 is 0 Å². The number of oxazole rings is 1. The molecule has 0 atom stereocenters. The first-order valence-corrected chi connectivity index (χ1v) is 6.60. The highest BCUT2D eigenvalue weighted by atomic mass is 32.2. The fourth-order valence-electron chi connectivity index (χ4n) is 1.44. The van der Waals surface area contributed by atoms with E-state index < -0.39 is 11.4 Å². The highest BCUT2D eigenvalue weighted by molar-refractivity contribution is 7.99. The zero-order valence-corrected chi connectivity index (χ0v) is 11.4. The van der Waals surface area contributed by atoms with Crippen molar-refractivity contribution in [3.8, 4) is 0 Å². The molecule has 0 aliphatic carbocycles. The summed E-state index contributed by atoms with van der Waals surface area (Å²) in [4.78, 5) is 16.2. The summed E-state index contributed by atoms with van der Waals surface area (Å²) in [6.45, 7) is 5.25. The predicted molar refractivity (Wildman–Crippen MR) is 70.9 cm³/mol. The largest absolute Gasteiger partial charge is 0.481 e. The first-order chi connectivity index (χ1) is 8.38. The highest BCUT2D eigenvalue weighted by Crippen LogP contribution is 2.30. The van der Waals surface area contributed by atoms with Crippen LogP contribution in [0.1, 0.15) is 19.7 Å². The van der Waals surface area contributed by atoms with E-state index in [9.17, 15) is 4.79 Å². The molecule has 1 N–H and O–H groups in total. The Kier molecular flexibility index (Phi) is 3.34. The Balaban J connectivity index is 2.15. The standard InChI is InChI=1S/C13H15NO3S/c1-8-14-10-5-4-9(6-11(10)17-8)18-7-13(2,3)12(15)16/h4-6H,7H2,1-3H3,(H,15,16). The van der Waals surface area contributed by atoms with Crippen LogP contribution in [0.2, 0.25) is 0 Å². The van der Waals surface area contributed by atoms with Crippen molar-refractivity contribution in [3.63, 3.8) is 0 Å². The second-order valence-corrected chi connectivity index (χ2v) is 5.89. The fraction of sp³-hybridized carbons (Fsp3) is 0.385. The van der Waals surface area contributed by atoms with Gasteiger partial charge < -0.3 is 9.52 Å². The van der Waals surface area contributed by atoms with Crippen molar-refractivity contribution in [2.45, 2.75) is 25.7 Å². The van der Waals surface area contributed by atoms with Gasteiger partial charge in [0.15, 0.2) is 11.5 Å². The van der Waals surface area contributed by atoms with Crippen LogP contribution in [-0.4, -0.2) is 21.8 Å². The second kappa shape index (κ2) is 4.65. The lowest BCUT2D eigenvalue weighted by atomic mass is 9.97. The van der Waals surface area contributed by atoms with Crippen molar-refractivity contribution >= 4 is 28.8 Å². The summed E-state index contributed by atoms with van der Waals surface area (Å²) in [5.74, 6) is 0.366. The number of carboxylic acid groups (broad SMARTS) is 1. The summed E-state index contributed by atoms with van der Waals surface area (Å²) in [5.41, 5.74) is 0.830. The molecule has 0 amide bonds. The number of nitrogens with zero attached hydrogens (tertiary/aromatic N) is 1. The van der Waals surface area contributed by atoms with E-state index in [0.29, 0.717) is 11.6 Å². The topological polar surface area (TPSA) is 63.3 Å². The van der Waals surface area contributed by atoms with E-state index in [1.54, 1.807) is 20.8 Å². The van der Waals surface area contributed by atoms with Crippen LogP contribution in [0.15, 0.2) is 27.5 Å². The van der Waals surface area contributed by atoms with Crippen molar-refractivity contribution in [2.75, 3.05) is 5.75 Å². The molecule has 2 rings (SSSR count). The fourth-order valence-corrected chi connectivity index (χ4v) is 2.44. The zero-order valence-electron chi connectivity index (χ0n) is 10.6. The van der Waals surface area contributed by atoms with Gasteiger partial charge in [-0.25, -0.2) is 4.98 Å². The van der Waals surface area contributed by atoms with Crippen LogP contribution >= 0.6 is 11.8 Å². The highest BCUT2D eigenvalue weighted by Gasteiger charge is 2.27. The number of hydrogen-bond acceptors (Lipinski definition) is 4. The molecular weight excluding hydrogens is 250 g/mol. The Morgan fingerprint density at radius 2 is 2.22 bits per heavy atom. The molecule has 1 aromatic carbocycles. The molecule has 0 aliphatic heterocycles. The number of fused-ring (bicyclic) bond motifs is 1. The Morgan fingerprint density at radius 3 is 2.89 bits per heavy atom. The second-order valence-electron chi connectivity index (χ2n) is 4.84. The first-order valence-electron chi connectivity index (χ1n) is 5.62. The Hall–Kier alpha value is -1.49. The van der Waals surface area contributed by atoms with Crippen LogP contribution in [0.4, 0.5) is 0 Å². The zero-order chi connectivity index (χ0) is 13.3. The van der Waals surface area contributed by atoms with Gasteiger partial charge in [0, 0.05) is 17.6 Å². The molecule has 0 spiro atoms. The number of hydrogen-bond donors (Lipinski definition) is 1. The first kappa shape index (κ1) is 13.0. The maximum absolute atomic E-state index is 11.0. The summed E-state index contributed by atoms with van der Waals surface area (Å²) < 4.78 is 5.45. The van der Waals surface area contributed by atoms with E-state index >= 15 is 0 Å². The van der Waals surface area contributed by atoms with Gasteiger partial charge in [-0.1, -0.05) is 0 Å². The number of aliphatic carboxylic acids is 1. The molecule has 0 bridgehead atoms. The molecule has 0 aliphatic rings. The molecular formula is C13H15NO3S. The summed E-state index contributed by atoms with van der Waals surface area (Å²) >= 11 is 1.51. The summed E-state index contributed by atoms with van der Waals surface area (Å²) in [6.07, 6.45) is 0. The average Bonchev–Trinajstić information content (AvgIpc) is 2.65. The van der Waals surface area contributed by atoms with Crippen molar-refractivity contribution in [2.24, 2.45) is 5.41 Å². The van der Waals surface area contributed by atoms with E-state index in [-0.39, 0.29) is 0 Å². The molecule has 1 aromatic heterocycles. The molecule has 0 saturated carbocycles. The monoisotopic (exact) mass is 265 g/mol. The van der Waals surface area contributed by atoms with E-state index in [1.807, 2.05) is 18.2 Å². The summed E-state index contributed by atoms with van der Waals surface area (Å²) in [6, 6.07) is 5.73. The third-order valence-corrected chi connectivity index (χ3v) is 4.10. The SMILES string of the molecule is Cc1nc2ccc(SCC(C)(C)C(=O)O)cc2o1. The third-order valence-electron chi connectivity index (χ3n) is 2.65. The van der Waals surface area contributed by atoms with Crippen LogP contribution in [0, 0.1) is 12.3 Å². The van der Waals surface area contributed by atoms with Crippen LogP contribution in [-0.2, 0) is 4.79 Å². The molecule has 18 heavy (non-hydrogen) atoms. The number of thioether (sulfide) groups is 1. The summed E-state index contributed by atoms with van der Waals surface area (Å²) in [7, 11) is 0. The average molecular weight is 265 g/mol. The molecule has 5 heteroatoms.